The van der Waals surface area contributed by atoms with Crippen molar-refractivity contribution in [1.29, 1.82) is 0 Å². The Balaban J connectivity index is 1.93. The molecule has 0 radical (unpaired) electrons. The molecular weight excluding hydrogens is 604 g/mol. The molecule has 0 aromatic rings. The van der Waals surface area contributed by atoms with Crippen LogP contribution in [-0.2, 0) is 61.9 Å². The second-order valence-electron chi connectivity index (χ2n) is 11.4. The summed E-state index contributed by atoms with van der Waals surface area (Å²) in [4.78, 5) is 59.6. The molecule has 254 valence electrons. The third-order valence-corrected chi connectivity index (χ3v) is 8.03. The summed E-state index contributed by atoms with van der Waals surface area (Å²) in [6.45, 7) is 6.57. The maximum absolute atomic E-state index is 12.8. The first-order valence-corrected chi connectivity index (χ1v) is 14.6. The zero-order chi connectivity index (χ0) is 33.6. The summed E-state index contributed by atoms with van der Waals surface area (Å²) in [7, 11) is 0. The number of hydrogen-bond donors (Lipinski definition) is 3. The van der Waals surface area contributed by atoms with Gasteiger partial charge in [0.15, 0.2) is 12.4 Å². The number of aliphatic hydroxyl groups is 3. The van der Waals surface area contributed by atoms with Crippen LogP contribution >= 0.6 is 0 Å². The van der Waals surface area contributed by atoms with Crippen molar-refractivity contribution in [3.05, 3.63) is 11.8 Å². The Morgan fingerprint density at radius 1 is 0.933 bits per heavy atom. The lowest BCUT2D eigenvalue weighted by atomic mass is 9.80. The summed E-state index contributed by atoms with van der Waals surface area (Å²) in [5, 5.41) is 33.1. The normalized spacial score (nSPS) is 34.7. The van der Waals surface area contributed by atoms with E-state index >= 15 is 0 Å². The van der Waals surface area contributed by atoms with Gasteiger partial charge in [-0.1, -0.05) is 13.8 Å². The fourth-order valence-electron chi connectivity index (χ4n) is 5.55. The van der Waals surface area contributed by atoms with Crippen molar-refractivity contribution in [3.8, 4) is 0 Å². The van der Waals surface area contributed by atoms with Gasteiger partial charge in [0.1, 0.15) is 43.2 Å². The first-order valence-electron chi connectivity index (χ1n) is 14.6. The van der Waals surface area contributed by atoms with Crippen LogP contribution in [0.25, 0.3) is 0 Å². The molecule has 3 N–H and O–H groups in total. The van der Waals surface area contributed by atoms with Crippen molar-refractivity contribution in [3.63, 3.8) is 0 Å². The van der Waals surface area contributed by atoms with E-state index in [0.29, 0.717) is 12.0 Å². The molecule has 45 heavy (non-hydrogen) atoms. The van der Waals surface area contributed by atoms with E-state index in [1.165, 1.54) is 6.26 Å². The van der Waals surface area contributed by atoms with Crippen LogP contribution in [0.5, 0.6) is 0 Å². The number of rotatable bonds is 12. The number of esters is 5. The van der Waals surface area contributed by atoms with Gasteiger partial charge in [0.2, 0.25) is 6.29 Å². The third kappa shape index (κ3) is 8.70. The monoisotopic (exact) mass is 646 g/mol. The summed E-state index contributed by atoms with van der Waals surface area (Å²) in [6.07, 6.45) is -8.39. The van der Waals surface area contributed by atoms with Gasteiger partial charge in [0.05, 0.1) is 24.7 Å². The van der Waals surface area contributed by atoms with Gasteiger partial charge in [-0.15, -0.1) is 0 Å². The van der Waals surface area contributed by atoms with Crippen molar-refractivity contribution in [2.45, 2.75) is 103 Å². The van der Waals surface area contributed by atoms with E-state index in [1.807, 2.05) is 0 Å². The Hall–Kier alpha value is -3.31. The molecule has 0 aromatic carbocycles. The van der Waals surface area contributed by atoms with Crippen LogP contribution in [0.3, 0.4) is 0 Å². The zero-order valence-corrected chi connectivity index (χ0v) is 26.0. The van der Waals surface area contributed by atoms with Crippen LogP contribution in [-0.4, -0.2) is 114 Å². The maximum Gasteiger partial charge on any atom is 0.311 e. The van der Waals surface area contributed by atoms with Gasteiger partial charge in [-0.05, 0) is 18.4 Å². The first kappa shape index (κ1) is 36.2. The molecule has 16 nitrogen and oxygen atoms in total. The fourth-order valence-corrected chi connectivity index (χ4v) is 5.55. The molecular formula is C29H42O16. The molecule has 1 saturated carbocycles. The Morgan fingerprint density at radius 3 is 2.16 bits per heavy atom. The molecule has 2 fully saturated rings. The molecule has 1 saturated heterocycles. The Kier molecular flexibility index (Phi) is 12.3. The van der Waals surface area contributed by atoms with Crippen molar-refractivity contribution < 1.29 is 77.2 Å². The molecule has 0 amide bonds. The number of fused-ring (bicyclic) bond motifs is 1. The molecule has 3 rings (SSSR count). The SMILES string of the molecule is CCC(C)C(=O)O[C@@H]1OC=C(CO[C@@H]2O[C@H](COC(C)=O)[C@@H](O)[C@H](O)[C@H]2OC(C)=O)C2C[C@H](OC(C)=O)[C@](O)(COC(C)=O)C21. The average Bonchev–Trinajstić information content (AvgIpc) is 3.25. The zero-order valence-electron chi connectivity index (χ0n) is 26.0. The highest BCUT2D eigenvalue weighted by Crippen LogP contribution is 2.51. The molecule has 3 aliphatic rings. The number of aliphatic hydroxyl groups excluding tert-OH is 2. The summed E-state index contributed by atoms with van der Waals surface area (Å²) >= 11 is 0. The quantitative estimate of drug-likeness (QED) is 0.182. The van der Waals surface area contributed by atoms with E-state index in [0.717, 1.165) is 27.7 Å². The van der Waals surface area contributed by atoms with Gasteiger partial charge in [0, 0.05) is 33.6 Å². The van der Waals surface area contributed by atoms with Crippen molar-refractivity contribution in [2.75, 3.05) is 19.8 Å². The van der Waals surface area contributed by atoms with Gasteiger partial charge in [-0.2, -0.15) is 0 Å². The second kappa shape index (κ2) is 15.3. The van der Waals surface area contributed by atoms with E-state index in [9.17, 15) is 39.3 Å². The smallest absolute Gasteiger partial charge is 0.311 e. The minimum Gasteiger partial charge on any atom is -0.463 e. The highest BCUT2D eigenvalue weighted by atomic mass is 16.7. The Bertz CT molecular complexity index is 1140. The highest BCUT2D eigenvalue weighted by molar-refractivity contribution is 5.72. The van der Waals surface area contributed by atoms with Crippen LogP contribution in [0, 0.1) is 17.8 Å². The predicted molar refractivity (Wildman–Crippen MR) is 146 cm³/mol. The topological polar surface area (TPSA) is 220 Å². The molecule has 0 spiro atoms. The number of ether oxygens (including phenoxy) is 8. The Morgan fingerprint density at radius 2 is 1.58 bits per heavy atom. The summed E-state index contributed by atoms with van der Waals surface area (Å²) in [5.74, 6) is -5.86. The number of carbonyl (C=O) groups excluding carboxylic acids is 5. The van der Waals surface area contributed by atoms with E-state index in [1.54, 1.807) is 13.8 Å². The molecule has 2 aliphatic heterocycles. The summed E-state index contributed by atoms with van der Waals surface area (Å²) in [5.41, 5.74) is -1.70. The predicted octanol–water partition coefficient (Wildman–Crippen LogP) is -0.364. The number of carbonyl (C=O) groups is 5. The molecule has 0 bridgehead atoms. The molecule has 1 aliphatic carbocycles. The maximum atomic E-state index is 12.8. The summed E-state index contributed by atoms with van der Waals surface area (Å²) < 4.78 is 43.7. The molecule has 16 heteroatoms. The summed E-state index contributed by atoms with van der Waals surface area (Å²) in [6, 6.07) is 0. The van der Waals surface area contributed by atoms with Crippen LogP contribution in [0.1, 0.15) is 54.4 Å². The van der Waals surface area contributed by atoms with Crippen molar-refractivity contribution in [2.24, 2.45) is 17.8 Å². The second-order valence-corrected chi connectivity index (χ2v) is 11.4. The van der Waals surface area contributed by atoms with Gasteiger partial charge >= 0.3 is 29.8 Å². The highest BCUT2D eigenvalue weighted by Gasteiger charge is 2.63. The van der Waals surface area contributed by atoms with Crippen LogP contribution in [0.15, 0.2) is 11.8 Å². The lowest BCUT2D eigenvalue weighted by molar-refractivity contribution is -0.303. The van der Waals surface area contributed by atoms with E-state index in [4.69, 9.17) is 37.9 Å². The molecule has 2 heterocycles. The fraction of sp³-hybridized carbons (Fsp3) is 0.759. The number of hydrogen-bond acceptors (Lipinski definition) is 16. The van der Waals surface area contributed by atoms with E-state index in [2.05, 4.69) is 0 Å². The standard InChI is InChI=1S/C29H42O16/c1-7-13(2)26(36)45-27-22-19(8-21(42-16(5)32)29(22,37)12-41-15(4)31)18(9-39-27)10-40-28-25(43-17(6)33)24(35)23(34)20(44-28)11-38-14(3)30/h9,13,19-25,27-28,34-35,37H,7-8,10-12H2,1-6H3/t13?,19?,20-,21+,22?,23-,24+,25-,27+,28-,29-/m1/s1. The first-order chi connectivity index (χ1) is 21.1. The van der Waals surface area contributed by atoms with Crippen molar-refractivity contribution >= 4 is 29.8 Å². The van der Waals surface area contributed by atoms with Gasteiger partial charge in [-0.3, -0.25) is 24.0 Å². The van der Waals surface area contributed by atoms with Crippen LogP contribution in [0.4, 0.5) is 0 Å². The third-order valence-electron chi connectivity index (χ3n) is 8.03. The lowest BCUT2D eigenvalue weighted by Gasteiger charge is -2.42. The molecule has 3 unspecified atom stereocenters. The average molecular weight is 647 g/mol. The van der Waals surface area contributed by atoms with E-state index in [-0.39, 0.29) is 13.0 Å². The van der Waals surface area contributed by atoms with Crippen molar-refractivity contribution in [1.82, 2.24) is 0 Å². The van der Waals surface area contributed by atoms with Gasteiger partial charge in [-0.25, -0.2) is 0 Å². The van der Waals surface area contributed by atoms with Crippen LogP contribution < -0.4 is 0 Å². The Labute approximate surface area is 259 Å². The van der Waals surface area contributed by atoms with Crippen LogP contribution in [0.2, 0.25) is 0 Å². The minimum atomic E-state index is -2.06. The molecule has 11 atom stereocenters. The molecule has 0 aromatic heterocycles. The van der Waals surface area contributed by atoms with Gasteiger partial charge in [0.25, 0.3) is 0 Å². The van der Waals surface area contributed by atoms with Gasteiger partial charge < -0.3 is 53.2 Å². The minimum absolute atomic E-state index is 0.0206. The lowest BCUT2D eigenvalue weighted by Crippen LogP contribution is -2.60. The van der Waals surface area contributed by atoms with E-state index < -0.39 is 110 Å². The largest absolute Gasteiger partial charge is 0.463 e.